The molecular formula is C13H15NOS. The van der Waals surface area contributed by atoms with Gasteiger partial charge in [0.2, 0.25) is 0 Å². The van der Waals surface area contributed by atoms with E-state index in [1.807, 2.05) is 30.6 Å². The van der Waals surface area contributed by atoms with E-state index in [1.165, 1.54) is 10.4 Å². The normalized spacial score (nSPS) is 10.6. The van der Waals surface area contributed by atoms with Gasteiger partial charge >= 0.3 is 0 Å². The Bertz CT molecular complexity index is 425. The van der Waals surface area contributed by atoms with Crippen LogP contribution in [0.1, 0.15) is 16.1 Å². The maximum atomic E-state index is 5.63. The average Bonchev–Trinajstić information content (AvgIpc) is 2.72. The highest BCUT2D eigenvalue weighted by atomic mass is 32.1. The molecule has 0 saturated heterocycles. The summed E-state index contributed by atoms with van der Waals surface area (Å²) in [6, 6.07) is 10.2. The lowest BCUT2D eigenvalue weighted by Gasteiger charge is -2.03. The Morgan fingerprint density at radius 2 is 2.06 bits per heavy atom. The molecule has 2 aromatic rings. The van der Waals surface area contributed by atoms with E-state index >= 15 is 0 Å². The van der Waals surface area contributed by atoms with Gasteiger partial charge in [-0.1, -0.05) is 30.3 Å². The van der Waals surface area contributed by atoms with E-state index in [9.17, 15) is 0 Å². The molecule has 1 aromatic carbocycles. The molecular weight excluding hydrogens is 218 g/mol. The zero-order valence-electron chi connectivity index (χ0n) is 9.35. The van der Waals surface area contributed by atoms with E-state index in [-0.39, 0.29) is 0 Å². The SMILES string of the molecule is Cc1ncsc1CCOCc1ccccc1. The quantitative estimate of drug-likeness (QED) is 0.740. The van der Waals surface area contributed by atoms with Crippen molar-refractivity contribution in [2.75, 3.05) is 6.61 Å². The molecule has 0 saturated carbocycles. The summed E-state index contributed by atoms with van der Waals surface area (Å²) in [6.45, 7) is 3.50. The van der Waals surface area contributed by atoms with Crippen LogP contribution in [0, 0.1) is 6.92 Å². The summed E-state index contributed by atoms with van der Waals surface area (Å²) < 4.78 is 5.63. The molecule has 1 aromatic heterocycles. The Hall–Kier alpha value is -1.19. The van der Waals surface area contributed by atoms with E-state index in [0.717, 1.165) is 18.7 Å². The highest BCUT2D eigenvalue weighted by Crippen LogP contribution is 2.12. The molecule has 0 bridgehead atoms. The molecule has 0 aliphatic carbocycles. The number of hydrogen-bond donors (Lipinski definition) is 0. The van der Waals surface area contributed by atoms with Crippen LogP contribution in [0.15, 0.2) is 35.8 Å². The van der Waals surface area contributed by atoms with Gasteiger partial charge in [-0.05, 0) is 12.5 Å². The lowest BCUT2D eigenvalue weighted by atomic mass is 10.2. The van der Waals surface area contributed by atoms with Crippen LogP contribution >= 0.6 is 11.3 Å². The largest absolute Gasteiger partial charge is 0.376 e. The van der Waals surface area contributed by atoms with Crippen molar-refractivity contribution in [3.05, 3.63) is 52.0 Å². The molecule has 0 aliphatic rings. The minimum absolute atomic E-state index is 0.693. The molecule has 0 amide bonds. The number of rotatable bonds is 5. The first-order chi connectivity index (χ1) is 7.86. The van der Waals surface area contributed by atoms with Crippen LogP contribution in [0.3, 0.4) is 0 Å². The van der Waals surface area contributed by atoms with Crippen molar-refractivity contribution in [1.29, 1.82) is 0 Å². The summed E-state index contributed by atoms with van der Waals surface area (Å²) in [7, 11) is 0. The predicted octanol–water partition coefficient (Wildman–Crippen LogP) is 3.21. The number of hydrogen-bond acceptors (Lipinski definition) is 3. The van der Waals surface area contributed by atoms with Gasteiger partial charge < -0.3 is 4.74 Å². The molecule has 0 aliphatic heterocycles. The zero-order valence-corrected chi connectivity index (χ0v) is 10.2. The summed E-state index contributed by atoms with van der Waals surface area (Å²) in [5, 5.41) is 0. The molecule has 0 spiro atoms. The zero-order chi connectivity index (χ0) is 11.2. The molecule has 2 nitrogen and oxygen atoms in total. The lowest BCUT2D eigenvalue weighted by molar-refractivity contribution is 0.124. The summed E-state index contributed by atoms with van der Waals surface area (Å²) in [6.07, 6.45) is 0.962. The van der Waals surface area contributed by atoms with Gasteiger partial charge in [-0.25, -0.2) is 4.98 Å². The first-order valence-corrected chi connectivity index (χ1v) is 6.25. The second-order valence-corrected chi connectivity index (χ2v) is 4.59. The van der Waals surface area contributed by atoms with Crippen LogP contribution in [-0.4, -0.2) is 11.6 Å². The molecule has 0 fully saturated rings. The van der Waals surface area contributed by atoms with E-state index in [0.29, 0.717) is 6.61 Å². The van der Waals surface area contributed by atoms with Gasteiger partial charge in [0.15, 0.2) is 0 Å². The number of ether oxygens (including phenoxy) is 1. The minimum Gasteiger partial charge on any atom is -0.376 e. The number of nitrogens with zero attached hydrogens (tertiary/aromatic N) is 1. The Balaban J connectivity index is 1.72. The summed E-state index contributed by atoms with van der Waals surface area (Å²) in [5.41, 5.74) is 4.25. The predicted molar refractivity (Wildman–Crippen MR) is 66.7 cm³/mol. The van der Waals surface area contributed by atoms with Gasteiger partial charge in [-0.3, -0.25) is 0 Å². The Morgan fingerprint density at radius 1 is 1.25 bits per heavy atom. The fraction of sp³-hybridized carbons (Fsp3) is 0.308. The summed E-state index contributed by atoms with van der Waals surface area (Å²) >= 11 is 1.70. The van der Waals surface area contributed by atoms with Crippen molar-refractivity contribution >= 4 is 11.3 Å². The molecule has 2 rings (SSSR count). The third-order valence-electron chi connectivity index (χ3n) is 2.43. The van der Waals surface area contributed by atoms with Gasteiger partial charge in [0, 0.05) is 11.3 Å². The third kappa shape index (κ3) is 3.15. The molecule has 0 atom stereocenters. The third-order valence-corrected chi connectivity index (χ3v) is 3.42. The Kier molecular flexibility index (Phi) is 4.08. The smallest absolute Gasteiger partial charge is 0.0797 e. The van der Waals surface area contributed by atoms with Gasteiger partial charge in [-0.2, -0.15) is 0 Å². The van der Waals surface area contributed by atoms with Crippen molar-refractivity contribution in [3.63, 3.8) is 0 Å². The van der Waals surface area contributed by atoms with E-state index in [1.54, 1.807) is 11.3 Å². The van der Waals surface area contributed by atoms with Gasteiger partial charge in [-0.15, -0.1) is 11.3 Å². The van der Waals surface area contributed by atoms with Crippen molar-refractivity contribution in [1.82, 2.24) is 4.98 Å². The first-order valence-electron chi connectivity index (χ1n) is 5.37. The van der Waals surface area contributed by atoms with E-state index < -0.39 is 0 Å². The highest BCUT2D eigenvalue weighted by molar-refractivity contribution is 7.09. The van der Waals surface area contributed by atoms with E-state index in [2.05, 4.69) is 17.1 Å². The molecule has 84 valence electrons. The van der Waals surface area contributed by atoms with Gasteiger partial charge in [0.1, 0.15) is 0 Å². The van der Waals surface area contributed by atoms with Crippen molar-refractivity contribution in [2.24, 2.45) is 0 Å². The fourth-order valence-corrected chi connectivity index (χ4v) is 2.26. The summed E-state index contributed by atoms with van der Waals surface area (Å²) in [4.78, 5) is 5.54. The highest BCUT2D eigenvalue weighted by Gasteiger charge is 2.00. The minimum atomic E-state index is 0.693. The first kappa shape index (κ1) is 11.3. The Labute approximate surface area is 99.9 Å². The molecule has 1 heterocycles. The molecule has 0 radical (unpaired) electrons. The fourth-order valence-electron chi connectivity index (χ4n) is 1.50. The van der Waals surface area contributed by atoms with Crippen LogP contribution in [0.4, 0.5) is 0 Å². The van der Waals surface area contributed by atoms with Crippen molar-refractivity contribution in [2.45, 2.75) is 20.0 Å². The molecule has 0 N–H and O–H groups in total. The molecule has 0 unspecified atom stereocenters. The second-order valence-electron chi connectivity index (χ2n) is 3.65. The number of benzene rings is 1. The van der Waals surface area contributed by atoms with Gasteiger partial charge in [0.25, 0.3) is 0 Å². The second kappa shape index (κ2) is 5.77. The number of thiazole rings is 1. The lowest BCUT2D eigenvalue weighted by Crippen LogP contribution is -1.98. The summed E-state index contributed by atoms with van der Waals surface area (Å²) in [5.74, 6) is 0. The van der Waals surface area contributed by atoms with Crippen LogP contribution < -0.4 is 0 Å². The van der Waals surface area contributed by atoms with Crippen molar-refractivity contribution < 1.29 is 4.74 Å². The van der Waals surface area contributed by atoms with E-state index in [4.69, 9.17) is 4.74 Å². The number of aryl methyl sites for hydroxylation is 1. The Morgan fingerprint density at radius 3 is 2.75 bits per heavy atom. The maximum absolute atomic E-state index is 5.63. The molecule has 16 heavy (non-hydrogen) atoms. The molecule has 3 heteroatoms. The van der Waals surface area contributed by atoms with Crippen LogP contribution in [0.5, 0.6) is 0 Å². The van der Waals surface area contributed by atoms with Crippen LogP contribution in [-0.2, 0) is 17.8 Å². The topological polar surface area (TPSA) is 22.1 Å². The van der Waals surface area contributed by atoms with Crippen LogP contribution in [0.2, 0.25) is 0 Å². The van der Waals surface area contributed by atoms with Crippen LogP contribution in [0.25, 0.3) is 0 Å². The van der Waals surface area contributed by atoms with Crippen molar-refractivity contribution in [3.8, 4) is 0 Å². The standard InChI is InChI=1S/C13H15NOS/c1-11-13(16-10-14-11)7-8-15-9-12-5-3-2-4-6-12/h2-6,10H,7-9H2,1H3. The maximum Gasteiger partial charge on any atom is 0.0797 e. The average molecular weight is 233 g/mol. The van der Waals surface area contributed by atoms with Gasteiger partial charge in [0.05, 0.1) is 24.4 Å². The monoisotopic (exact) mass is 233 g/mol. The number of aromatic nitrogens is 1.